The summed E-state index contributed by atoms with van der Waals surface area (Å²) in [6.45, 7) is 0. The van der Waals surface area contributed by atoms with Crippen LogP contribution in [0.2, 0.25) is 0 Å². The molecule has 0 saturated heterocycles. The first-order valence-electron chi connectivity index (χ1n) is 6.58. The largest absolute Gasteiger partial charge is 0.335 e. The fourth-order valence-corrected chi connectivity index (χ4v) is 2.36. The van der Waals surface area contributed by atoms with Crippen molar-refractivity contribution in [1.29, 1.82) is 0 Å². The monoisotopic (exact) mass is 281 g/mol. The van der Waals surface area contributed by atoms with E-state index in [1.165, 1.54) is 0 Å². The standard InChI is InChI=1S/C13H16FN3O3/c14-9-6-7-12(17(19)20)11(8-9)16-13(18)15-10-4-2-1-3-5-10/h6-8,10H,1-5H2,(H2,15,16,18). The lowest BCUT2D eigenvalue weighted by Crippen LogP contribution is -2.39. The number of carbonyl (C=O) groups excluding carboxylic acids is 1. The van der Waals surface area contributed by atoms with Gasteiger partial charge in [-0.2, -0.15) is 0 Å². The second-order valence-corrected chi connectivity index (χ2v) is 4.85. The molecule has 0 spiro atoms. The molecule has 1 saturated carbocycles. The summed E-state index contributed by atoms with van der Waals surface area (Å²) < 4.78 is 13.1. The number of nitro groups is 1. The van der Waals surface area contributed by atoms with Gasteiger partial charge >= 0.3 is 6.03 Å². The number of benzene rings is 1. The highest BCUT2D eigenvalue weighted by Gasteiger charge is 2.19. The fraction of sp³-hybridized carbons (Fsp3) is 0.462. The van der Waals surface area contributed by atoms with E-state index in [4.69, 9.17) is 0 Å². The molecular formula is C13H16FN3O3. The van der Waals surface area contributed by atoms with E-state index in [1.807, 2.05) is 0 Å². The van der Waals surface area contributed by atoms with Crippen molar-refractivity contribution in [3.8, 4) is 0 Å². The first-order valence-corrected chi connectivity index (χ1v) is 6.58. The Bertz CT molecular complexity index is 516. The van der Waals surface area contributed by atoms with Gasteiger partial charge in [0.25, 0.3) is 5.69 Å². The van der Waals surface area contributed by atoms with Crippen molar-refractivity contribution >= 4 is 17.4 Å². The highest BCUT2D eigenvalue weighted by Crippen LogP contribution is 2.25. The summed E-state index contributed by atoms with van der Waals surface area (Å²) in [7, 11) is 0. The third-order valence-corrected chi connectivity index (χ3v) is 3.34. The van der Waals surface area contributed by atoms with Crippen molar-refractivity contribution in [2.75, 3.05) is 5.32 Å². The van der Waals surface area contributed by atoms with E-state index in [0.717, 1.165) is 50.3 Å². The van der Waals surface area contributed by atoms with Crippen LogP contribution in [0.5, 0.6) is 0 Å². The second kappa shape index (κ2) is 6.31. The molecule has 108 valence electrons. The predicted molar refractivity (Wildman–Crippen MR) is 72.1 cm³/mol. The van der Waals surface area contributed by atoms with Crippen LogP contribution in [0.15, 0.2) is 18.2 Å². The van der Waals surface area contributed by atoms with E-state index in [0.29, 0.717) is 0 Å². The van der Waals surface area contributed by atoms with E-state index < -0.39 is 16.8 Å². The van der Waals surface area contributed by atoms with Gasteiger partial charge in [0, 0.05) is 18.2 Å². The number of hydrogen-bond donors (Lipinski definition) is 2. The number of carbonyl (C=O) groups is 1. The van der Waals surface area contributed by atoms with Gasteiger partial charge in [0.15, 0.2) is 0 Å². The van der Waals surface area contributed by atoms with Gasteiger partial charge in [0.05, 0.1) is 4.92 Å². The molecule has 0 radical (unpaired) electrons. The van der Waals surface area contributed by atoms with Gasteiger partial charge in [0.1, 0.15) is 11.5 Å². The highest BCUT2D eigenvalue weighted by atomic mass is 19.1. The van der Waals surface area contributed by atoms with Crippen molar-refractivity contribution in [2.45, 2.75) is 38.1 Å². The lowest BCUT2D eigenvalue weighted by Gasteiger charge is -2.22. The molecule has 0 atom stereocenters. The van der Waals surface area contributed by atoms with E-state index in [1.54, 1.807) is 0 Å². The quantitative estimate of drug-likeness (QED) is 0.659. The molecule has 0 aliphatic heterocycles. The zero-order valence-corrected chi connectivity index (χ0v) is 10.9. The first kappa shape index (κ1) is 14.2. The lowest BCUT2D eigenvalue weighted by atomic mass is 9.96. The normalized spacial score (nSPS) is 15.7. The third-order valence-electron chi connectivity index (χ3n) is 3.34. The first-order chi connectivity index (χ1) is 9.56. The van der Waals surface area contributed by atoms with E-state index in [9.17, 15) is 19.3 Å². The molecule has 6 nitrogen and oxygen atoms in total. The maximum atomic E-state index is 13.1. The van der Waals surface area contributed by atoms with E-state index in [-0.39, 0.29) is 17.4 Å². The van der Waals surface area contributed by atoms with E-state index >= 15 is 0 Å². The topological polar surface area (TPSA) is 84.3 Å². The van der Waals surface area contributed by atoms with Crippen LogP contribution >= 0.6 is 0 Å². The van der Waals surface area contributed by atoms with Crippen molar-refractivity contribution < 1.29 is 14.1 Å². The average molecular weight is 281 g/mol. The fourth-order valence-electron chi connectivity index (χ4n) is 2.36. The number of hydrogen-bond acceptors (Lipinski definition) is 3. The summed E-state index contributed by atoms with van der Waals surface area (Å²) in [6.07, 6.45) is 5.09. The van der Waals surface area contributed by atoms with Gasteiger partial charge in [-0.15, -0.1) is 0 Å². The van der Waals surface area contributed by atoms with Crippen LogP contribution in [-0.4, -0.2) is 17.0 Å². The van der Waals surface area contributed by atoms with Crippen LogP contribution < -0.4 is 10.6 Å². The number of nitrogens with one attached hydrogen (secondary N) is 2. The molecule has 0 bridgehead atoms. The van der Waals surface area contributed by atoms with Crippen LogP contribution in [0.1, 0.15) is 32.1 Å². The molecular weight excluding hydrogens is 265 g/mol. The minimum Gasteiger partial charge on any atom is -0.335 e. The Morgan fingerprint density at radius 2 is 2.00 bits per heavy atom. The van der Waals surface area contributed by atoms with Crippen LogP contribution in [0.25, 0.3) is 0 Å². The maximum Gasteiger partial charge on any atom is 0.319 e. The Hall–Kier alpha value is -2.18. The highest BCUT2D eigenvalue weighted by molar-refractivity contribution is 5.91. The van der Waals surface area contributed by atoms with Crippen LogP contribution in [0.3, 0.4) is 0 Å². The maximum absolute atomic E-state index is 13.1. The summed E-state index contributed by atoms with van der Waals surface area (Å²) in [5, 5.41) is 15.9. The summed E-state index contributed by atoms with van der Waals surface area (Å²) >= 11 is 0. The van der Waals surface area contributed by atoms with Crippen molar-refractivity contribution in [1.82, 2.24) is 5.32 Å². The van der Waals surface area contributed by atoms with Crippen LogP contribution in [0.4, 0.5) is 20.6 Å². The smallest absolute Gasteiger partial charge is 0.319 e. The van der Waals surface area contributed by atoms with E-state index in [2.05, 4.69) is 10.6 Å². The SMILES string of the molecule is O=C(Nc1cc(F)ccc1[N+](=O)[O-])NC1CCCCC1. The Morgan fingerprint density at radius 1 is 1.30 bits per heavy atom. The molecule has 1 aromatic carbocycles. The molecule has 0 heterocycles. The molecule has 1 aliphatic carbocycles. The van der Waals surface area contributed by atoms with Gasteiger partial charge in [-0.05, 0) is 18.9 Å². The molecule has 2 N–H and O–H groups in total. The molecule has 1 aliphatic rings. The minimum absolute atomic E-state index is 0.0800. The molecule has 1 fully saturated rings. The molecule has 20 heavy (non-hydrogen) atoms. The number of rotatable bonds is 3. The number of urea groups is 1. The zero-order chi connectivity index (χ0) is 14.5. The van der Waals surface area contributed by atoms with Gasteiger partial charge in [-0.3, -0.25) is 10.1 Å². The summed E-state index contributed by atoms with van der Waals surface area (Å²) in [5.41, 5.74) is -0.464. The van der Waals surface area contributed by atoms with Crippen molar-refractivity contribution in [3.05, 3.63) is 34.1 Å². The predicted octanol–water partition coefficient (Wildman–Crippen LogP) is 3.19. The van der Waals surface area contributed by atoms with Crippen LogP contribution in [0, 0.1) is 15.9 Å². The minimum atomic E-state index is -0.657. The zero-order valence-electron chi connectivity index (χ0n) is 10.9. The van der Waals surface area contributed by atoms with Gasteiger partial charge in [-0.1, -0.05) is 19.3 Å². The third kappa shape index (κ3) is 3.66. The second-order valence-electron chi connectivity index (χ2n) is 4.85. The number of halogens is 1. The van der Waals surface area contributed by atoms with Gasteiger partial charge < -0.3 is 10.6 Å². The Morgan fingerprint density at radius 3 is 2.65 bits per heavy atom. The van der Waals surface area contributed by atoms with Crippen molar-refractivity contribution in [3.63, 3.8) is 0 Å². The molecule has 1 aromatic rings. The number of anilines is 1. The van der Waals surface area contributed by atoms with Gasteiger partial charge in [-0.25, -0.2) is 9.18 Å². The Balaban J connectivity index is 2.03. The average Bonchev–Trinajstić information content (AvgIpc) is 2.39. The molecule has 0 aromatic heterocycles. The number of nitrogens with zero attached hydrogens (tertiary/aromatic N) is 1. The number of nitro benzene ring substituents is 1. The number of amides is 2. The summed E-state index contributed by atoms with van der Waals surface area (Å²) in [4.78, 5) is 22.0. The molecule has 2 rings (SSSR count). The Labute approximate surface area is 115 Å². The summed E-state index contributed by atoms with van der Waals surface area (Å²) in [6, 6.07) is 2.51. The van der Waals surface area contributed by atoms with Crippen molar-refractivity contribution in [2.24, 2.45) is 0 Å². The molecule has 2 amide bonds. The summed E-state index contributed by atoms with van der Waals surface area (Å²) in [5.74, 6) is -0.636. The van der Waals surface area contributed by atoms with Gasteiger partial charge in [0.2, 0.25) is 0 Å². The van der Waals surface area contributed by atoms with Crippen LogP contribution in [-0.2, 0) is 0 Å². The molecule has 0 unspecified atom stereocenters. The lowest BCUT2D eigenvalue weighted by molar-refractivity contribution is -0.384. The molecule has 7 heteroatoms. The Kier molecular flexibility index (Phi) is 4.49.